The maximum atomic E-state index is 12.5. The quantitative estimate of drug-likeness (QED) is 0.392. The summed E-state index contributed by atoms with van der Waals surface area (Å²) < 4.78 is 28.6. The van der Waals surface area contributed by atoms with Crippen molar-refractivity contribution in [3.05, 3.63) is 83.0 Å². The van der Waals surface area contributed by atoms with Crippen molar-refractivity contribution in [3.8, 4) is 0 Å². The third-order valence-electron chi connectivity index (χ3n) is 4.50. The number of rotatable bonds is 4. The highest BCUT2D eigenvalue weighted by atomic mass is 35.5. The second-order valence-electron chi connectivity index (χ2n) is 6.39. The lowest BCUT2D eigenvalue weighted by atomic mass is 10.0. The van der Waals surface area contributed by atoms with Crippen molar-refractivity contribution in [1.82, 2.24) is 4.98 Å². The first kappa shape index (κ1) is 19.3. The van der Waals surface area contributed by atoms with E-state index in [2.05, 4.69) is 4.98 Å². The Balaban J connectivity index is 1.67. The molecule has 0 saturated heterocycles. The first-order valence-electron chi connectivity index (χ1n) is 8.60. The van der Waals surface area contributed by atoms with Crippen molar-refractivity contribution >= 4 is 49.3 Å². The van der Waals surface area contributed by atoms with Crippen LogP contribution in [0.5, 0.6) is 0 Å². The van der Waals surface area contributed by atoms with Gasteiger partial charge in [0.05, 0.1) is 21.8 Å². The summed E-state index contributed by atoms with van der Waals surface area (Å²) in [5.41, 5.74) is 1.43. The summed E-state index contributed by atoms with van der Waals surface area (Å²) >= 11 is 5.86. The summed E-state index contributed by atoms with van der Waals surface area (Å²) in [4.78, 5) is 16.8. The van der Waals surface area contributed by atoms with Gasteiger partial charge in [-0.2, -0.15) is 0 Å². The number of fused-ring (bicyclic) bond motifs is 3. The van der Waals surface area contributed by atoms with E-state index in [1.165, 1.54) is 12.1 Å². The number of ether oxygens (including phenoxy) is 1. The normalized spacial score (nSPS) is 11.7. The van der Waals surface area contributed by atoms with E-state index in [1.54, 1.807) is 0 Å². The second kappa shape index (κ2) is 7.44. The van der Waals surface area contributed by atoms with E-state index in [4.69, 9.17) is 21.5 Å². The molecule has 0 radical (unpaired) electrons. The third-order valence-corrected chi connectivity index (χ3v) is 5.89. The smallest absolute Gasteiger partial charge is 0.338 e. The number of hydrogen-bond donors (Lipinski definition) is 1. The third kappa shape index (κ3) is 3.80. The number of carbonyl (C=O) groups excluding carboxylic acids is 1. The van der Waals surface area contributed by atoms with Crippen molar-refractivity contribution < 1.29 is 17.9 Å². The average Bonchev–Trinajstić information content (AvgIpc) is 2.71. The number of nitrogens with two attached hydrogens (primary N) is 1. The highest BCUT2D eigenvalue weighted by Gasteiger charge is 2.18. The molecular weight excluding hydrogens is 412 g/mol. The molecule has 0 spiro atoms. The van der Waals surface area contributed by atoms with Gasteiger partial charge in [-0.1, -0.05) is 54.1 Å². The number of primary sulfonamides is 1. The Labute approximate surface area is 171 Å². The van der Waals surface area contributed by atoms with Gasteiger partial charge in [0.15, 0.2) is 0 Å². The molecule has 1 aromatic heterocycles. The maximum Gasteiger partial charge on any atom is 0.338 e. The number of sulfonamides is 1. The number of hydrogen-bond acceptors (Lipinski definition) is 5. The standard InChI is InChI=1S/C21H15ClN2O4S/c22-17-10-9-13(11-20(17)29(23,26)27)21(25)28-12-19-16-7-2-1-5-14(16)15-6-3-4-8-18(15)24-19/h1-11H,12H2,(H2,23,26,27). The molecule has 3 aromatic carbocycles. The van der Waals surface area contributed by atoms with Gasteiger partial charge in [0.1, 0.15) is 11.5 Å². The minimum atomic E-state index is -4.06. The lowest BCUT2D eigenvalue weighted by molar-refractivity contribution is 0.0469. The number of esters is 1. The molecule has 0 unspecified atom stereocenters. The van der Waals surface area contributed by atoms with Crippen LogP contribution in [-0.4, -0.2) is 19.4 Å². The fraction of sp³-hybridized carbons (Fsp3) is 0.0476. The van der Waals surface area contributed by atoms with E-state index in [0.29, 0.717) is 5.69 Å². The Morgan fingerprint density at radius 3 is 2.34 bits per heavy atom. The molecule has 2 N–H and O–H groups in total. The van der Waals surface area contributed by atoms with Crippen LogP contribution in [0, 0.1) is 0 Å². The van der Waals surface area contributed by atoms with Crippen LogP contribution in [0.1, 0.15) is 16.1 Å². The molecule has 0 aliphatic heterocycles. The van der Waals surface area contributed by atoms with Crippen LogP contribution in [0.3, 0.4) is 0 Å². The summed E-state index contributed by atoms with van der Waals surface area (Å²) in [6.07, 6.45) is 0. The molecule has 0 amide bonds. The van der Waals surface area contributed by atoms with Gasteiger partial charge in [-0.05, 0) is 29.7 Å². The van der Waals surface area contributed by atoms with Gasteiger partial charge in [0, 0.05) is 10.8 Å². The molecular formula is C21H15ClN2O4S. The van der Waals surface area contributed by atoms with Crippen molar-refractivity contribution in [3.63, 3.8) is 0 Å². The van der Waals surface area contributed by atoms with Gasteiger partial charge in [-0.3, -0.25) is 0 Å². The maximum absolute atomic E-state index is 12.5. The highest BCUT2D eigenvalue weighted by Crippen LogP contribution is 2.27. The molecule has 1 heterocycles. The summed E-state index contributed by atoms with van der Waals surface area (Å²) in [5, 5.41) is 7.96. The Bertz CT molecular complexity index is 1370. The van der Waals surface area contributed by atoms with Crippen LogP contribution in [0.2, 0.25) is 5.02 Å². The van der Waals surface area contributed by atoms with Gasteiger partial charge >= 0.3 is 5.97 Å². The zero-order valence-corrected chi connectivity index (χ0v) is 16.6. The van der Waals surface area contributed by atoms with Crippen LogP contribution in [-0.2, 0) is 21.4 Å². The summed E-state index contributed by atoms with van der Waals surface area (Å²) in [6.45, 7) is -0.0719. The number of halogens is 1. The molecule has 8 heteroatoms. The molecule has 146 valence electrons. The number of aromatic nitrogens is 1. The lowest BCUT2D eigenvalue weighted by Gasteiger charge is -2.11. The predicted molar refractivity (Wildman–Crippen MR) is 111 cm³/mol. The van der Waals surface area contributed by atoms with Crippen LogP contribution in [0.25, 0.3) is 21.7 Å². The Morgan fingerprint density at radius 2 is 1.62 bits per heavy atom. The number of carbonyl (C=O) groups is 1. The first-order valence-corrected chi connectivity index (χ1v) is 10.5. The number of benzene rings is 3. The van der Waals surface area contributed by atoms with Gasteiger partial charge in [-0.15, -0.1) is 0 Å². The van der Waals surface area contributed by atoms with E-state index in [0.717, 1.165) is 27.7 Å². The van der Waals surface area contributed by atoms with E-state index in [9.17, 15) is 13.2 Å². The molecule has 4 aromatic rings. The molecule has 0 atom stereocenters. The monoisotopic (exact) mass is 426 g/mol. The number of nitrogens with zero attached hydrogens (tertiary/aromatic N) is 1. The minimum Gasteiger partial charge on any atom is -0.456 e. The van der Waals surface area contributed by atoms with Crippen molar-refractivity contribution in [2.75, 3.05) is 0 Å². The molecule has 0 bridgehead atoms. The van der Waals surface area contributed by atoms with E-state index < -0.39 is 16.0 Å². The van der Waals surface area contributed by atoms with Crippen LogP contribution >= 0.6 is 11.6 Å². The largest absolute Gasteiger partial charge is 0.456 e. The molecule has 29 heavy (non-hydrogen) atoms. The van der Waals surface area contributed by atoms with Gasteiger partial charge in [-0.25, -0.2) is 23.3 Å². The number of para-hydroxylation sites is 1. The lowest BCUT2D eigenvalue weighted by Crippen LogP contribution is -2.14. The average molecular weight is 427 g/mol. The SMILES string of the molecule is NS(=O)(=O)c1cc(C(=O)OCc2nc3ccccc3c3ccccc23)ccc1Cl. The summed E-state index contributed by atoms with van der Waals surface area (Å²) in [6, 6.07) is 19.2. The highest BCUT2D eigenvalue weighted by molar-refractivity contribution is 7.89. The van der Waals surface area contributed by atoms with Crippen LogP contribution < -0.4 is 5.14 Å². The van der Waals surface area contributed by atoms with Crippen molar-refractivity contribution in [2.45, 2.75) is 11.5 Å². The summed E-state index contributed by atoms with van der Waals surface area (Å²) in [5.74, 6) is -0.703. The van der Waals surface area contributed by atoms with E-state index in [-0.39, 0.29) is 22.1 Å². The Morgan fingerprint density at radius 1 is 0.966 bits per heavy atom. The zero-order valence-electron chi connectivity index (χ0n) is 15.0. The predicted octanol–water partition coefficient (Wildman–Crippen LogP) is 4.05. The molecule has 4 rings (SSSR count). The van der Waals surface area contributed by atoms with Crippen molar-refractivity contribution in [2.24, 2.45) is 5.14 Å². The van der Waals surface area contributed by atoms with E-state index >= 15 is 0 Å². The Kier molecular flexibility index (Phi) is 4.96. The topological polar surface area (TPSA) is 99.4 Å². The number of pyridine rings is 1. The first-order chi connectivity index (χ1) is 13.8. The molecule has 0 saturated carbocycles. The summed E-state index contributed by atoms with van der Waals surface area (Å²) in [7, 11) is -4.06. The van der Waals surface area contributed by atoms with Gasteiger partial charge in [0.25, 0.3) is 0 Å². The zero-order chi connectivity index (χ0) is 20.6. The molecule has 0 aliphatic rings. The van der Waals surface area contributed by atoms with Gasteiger partial charge < -0.3 is 4.74 Å². The fourth-order valence-corrected chi connectivity index (χ4v) is 4.22. The Hall–Kier alpha value is -3.00. The molecule has 6 nitrogen and oxygen atoms in total. The van der Waals surface area contributed by atoms with Crippen molar-refractivity contribution in [1.29, 1.82) is 0 Å². The van der Waals surface area contributed by atoms with Crippen LogP contribution in [0.4, 0.5) is 0 Å². The van der Waals surface area contributed by atoms with Gasteiger partial charge in [0.2, 0.25) is 10.0 Å². The van der Waals surface area contributed by atoms with E-state index in [1.807, 2.05) is 48.5 Å². The van der Waals surface area contributed by atoms with Crippen LogP contribution in [0.15, 0.2) is 71.6 Å². The second-order valence-corrected chi connectivity index (χ2v) is 8.32. The minimum absolute atomic E-state index is 0.0310. The fourth-order valence-electron chi connectivity index (χ4n) is 3.15. The molecule has 0 fully saturated rings. The molecule has 0 aliphatic carbocycles.